The molecule has 2 rings (SSSR count). The average Bonchev–Trinajstić information content (AvgIpc) is 2.32. The van der Waals surface area contributed by atoms with E-state index in [0.717, 1.165) is 25.0 Å². The number of rotatable bonds is 2. The standard InChI is InChI=1S/C16H31NO/c1-12(2)15(6)7-14(5)8-16(10-18-11-16)17(9-15)13(3)4/h12-14H,7-11H2,1-6H3. The molecule has 0 aromatic heterocycles. The molecule has 106 valence electrons. The second kappa shape index (κ2) is 4.79. The summed E-state index contributed by atoms with van der Waals surface area (Å²) in [6, 6.07) is 0.622. The zero-order valence-corrected chi connectivity index (χ0v) is 13.1. The van der Waals surface area contributed by atoms with Crippen molar-refractivity contribution in [2.24, 2.45) is 17.3 Å². The third-order valence-electron chi connectivity index (χ3n) is 5.44. The zero-order chi connectivity index (χ0) is 13.6. The van der Waals surface area contributed by atoms with Gasteiger partial charge in [-0.3, -0.25) is 4.90 Å². The minimum absolute atomic E-state index is 0.347. The highest BCUT2D eigenvalue weighted by Crippen LogP contribution is 2.46. The van der Waals surface area contributed by atoms with Crippen LogP contribution in [0.15, 0.2) is 0 Å². The Morgan fingerprint density at radius 1 is 1.11 bits per heavy atom. The van der Waals surface area contributed by atoms with Crippen LogP contribution in [-0.4, -0.2) is 36.2 Å². The molecule has 0 saturated carbocycles. The Hall–Kier alpha value is -0.0800. The monoisotopic (exact) mass is 253 g/mol. The summed E-state index contributed by atoms with van der Waals surface area (Å²) in [5.41, 5.74) is 0.795. The fourth-order valence-corrected chi connectivity index (χ4v) is 4.03. The number of likely N-dealkylation sites (tertiary alicyclic amines) is 1. The van der Waals surface area contributed by atoms with E-state index in [1.807, 2.05) is 0 Å². The van der Waals surface area contributed by atoms with Gasteiger partial charge < -0.3 is 4.74 Å². The Labute approximate surface area is 113 Å². The maximum Gasteiger partial charge on any atom is 0.0683 e. The summed E-state index contributed by atoms with van der Waals surface area (Å²) < 4.78 is 5.59. The number of nitrogens with zero attached hydrogens (tertiary/aromatic N) is 1. The van der Waals surface area contributed by atoms with Crippen LogP contribution in [0.3, 0.4) is 0 Å². The van der Waals surface area contributed by atoms with Crippen LogP contribution in [0.2, 0.25) is 0 Å². The van der Waals surface area contributed by atoms with Crippen LogP contribution in [0.25, 0.3) is 0 Å². The van der Waals surface area contributed by atoms with E-state index >= 15 is 0 Å². The molecule has 0 radical (unpaired) electrons. The lowest BCUT2D eigenvalue weighted by Crippen LogP contribution is -2.65. The summed E-state index contributed by atoms with van der Waals surface area (Å²) in [4.78, 5) is 2.75. The molecule has 1 spiro atoms. The molecule has 2 nitrogen and oxygen atoms in total. The Morgan fingerprint density at radius 3 is 2.11 bits per heavy atom. The van der Waals surface area contributed by atoms with Gasteiger partial charge in [-0.2, -0.15) is 0 Å². The minimum Gasteiger partial charge on any atom is -0.377 e. The van der Waals surface area contributed by atoms with Crippen LogP contribution >= 0.6 is 0 Å². The van der Waals surface area contributed by atoms with Gasteiger partial charge >= 0.3 is 0 Å². The van der Waals surface area contributed by atoms with E-state index in [4.69, 9.17) is 4.74 Å². The fourth-order valence-electron chi connectivity index (χ4n) is 4.03. The molecule has 2 aliphatic rings. The smallest absolute Gasteiger partial charge is 0.0683 e. The van der Waals surface area contributed by atoms with E-state index in [2.05, 4.69) is 46.4 Å². The minimum atomic E-state index is 0.347. The van der Waals surface area contributed by atoms with E-state index in [-0.39, 0.29) is 0 Å². The highest BCUT2D eigenvalue weighted by molar-refractivity contribution is 5.04. The molecule has 2 unspecified atom stereocenters. The first kappa shape index (κ1) is 14.3. The third kappa shape index (κ3) is 2.34. The Kier molecular flexibility index (Phi) is 3.81. The summed E-state index contributed by atoms with van der Waals surface area (Å²) in [6.07, 6.45) is 2.67. The molecule has 2 heteroatoms. The molecule has 2 saturated heterocycles. The first-order valence-electron chi connectivity index (χ1n) is 7.64. The predicted octanol–water partition coefficient (Wildman–Crippen LogP) is 3.56. The van der Waals surface area contributed by atoms with Crippen molar-refractivity contribution in [2.75, 3.05) is 19.8 Å². The SMILES string of the molecule is CC1CC(C)(C(C)C)CN(C(C)C)C2(COC2)C1. The van der Waals surface area contributed by atoms with Crippen LogP contribution in [0.5, 0.6) is 0 Å². The van der Waals surface area contributed by atoms with Gasteiger partial charge in [0, 0.05) is 12.6 Å². The molecular formula is C16H31NO. The predicted molar refractivity (Wildman–Crippen MR) is 76.7 cm³/mol. The van der Waals surface area contributed by atoms with Gasteiger partial charge in [0.15, 0.2) is 0 Å². The highest BCUT2D eigenvalue weighted by atomic mass is 16.5. The molecule has 18 heavy (non-hydrogen) atoms. The van der Waals surface area contributed by atoms with Crippen molar-refractivity contribution < 1.29 is 4.74 Å². The molecule has 0 bridgehead atoms. The van der Waals surface area contributed by atoms with Crippen molar-refractivity contribution in [3.8, 4) is 0 Å². The molecule has 0 aromatic rings. The second-order valence-electron chi connectivity index (χ2n) is 7.76. The van der Waals surface area contributed by atoms with E-state index in [1.54, 1.807) is 0 Å². The van der Waals surface area contributed by atoms with Crippen LogP contribution in [0.4, 0.5) is 0 Å². The van der Waals surface area contributed by atoms with Crippen molar-refractivity contribution in [3.05, 3.63) is 0 Å². The Morgan fingerprint density at radius 2 is 1.72 bits per heavy atom. The molecule has 0 amide bonds. The normalized spacial score (nSPS) is 37.0. The van der Waals surface area contributed by atoms with Gasteiger partial charge in [0.1, 0.15) is 0 Å². The largest absolute Gasteiger partial charge is 0.377 e. The summed E-state index contributed by atoms with van der Waals surface area (Å²) in [5, 5.41) is 0. The maximum atomic E-state index is 5.59. The lowest BCUT2D eigenvalue weighted by molar-refractivity contribution is -0.159. The first-order valence-corrected chi connectivity index (χ1v) is 7.64. The quantitative estimate of drug-likeness (QED) is 0.746. The maximum absolute atomic E-state index is 5.59. The van der Waals surface area contributed by atoms with Gasteiger partial charge in [0.05, 0.1) is 18.8 Å². The fraction of sp³-hybridized carbons (Fsp3) is 1.00. The molecule has 2 aliphatic heterocycles. The third-order valence-corrected chi connectivity index (χ3v) is 5.44. The Balaban J connectivity index is 2.28. The van der Waals surface area contributed by atoms with Gasteiger partial charge in [0.25, 0.3) is 0 Å². The van der Waals surface area contributed by atoms with Crippen molar-refractivity contribution >= 4 is 0 Å². The molecule has 2 fully saturated rings. The summed E-state index contributed by atoms with van der Waals surface area (Å²) in [6.45, 7) is 17.5. The molecular weight excluding hydrogens is 222 g/mol. The van der Waals surface area contributed by atoms with E-state index < -0.39 is 0 Å². The summed E-state index contributed by atoms with van der Waals surface area (Å²) >= 11 is 0. The van der Waals surface area contributed by atoms with Gasteiger partial charge in [-0.05, 0) is 43.9 Å². The molecule has 2 heterocycles. The van der Waals surface area contributed by atoms with Crippen LogP contribution in [0, 0.1) is 17.3 Å². The number of hydrogen-bond acceptors (Lipinski definition) is 2. The van der Waals surface area contributed by atoms with Crippen molar-refractivity contribution in [1.29, 1.82) is 0 Å². The highest BCUT2D eigenvalue weighted by Gasteiger charge is 2.51. The van der Waals surface area contributed by atoms with Gasteiger partial charge in [-0.25, -0.2) is 0 Å². The summed E-state index contributed by atoms with van der Waals surface area (Å²) in [7, 11) is 0. The summed E-state index contributed by atoms with van der Waals surface area (Å²) in [5.74, 6) is 1.56. The Bertz CT molecular complexity index is 295. The van der Waals surface area contributed by atoms with Crippen molar-refractivity contribution in [1.82, 2.24) is 4.90 Å². The lowest BCUT2D eigenvalue weighted by Gasteiger charge is -2.53. The van der Waals surface area contributed by atoms with Gasteiger partial charge in [-0.1, -0.05) is 27.7 Å². The number of ether oxygens (including phenoxy) is 1. The second-order valence-corrected chi connectivity index (χ2v) is 7.76. The van der Waals surface area contributed by atoms with Gasteiger partial charge in [-0.15, -0.1) is 0 Å². The molecule has 2 atom stereocenters. The first-order chi connectivity index (χ1) is 8.29. The van der Waals surface area contributed by atoms with E-state index in [0.29, 0.717) is 17.0 Å². The van der Waals surface area contributed by atoms with Crippen LogP contribution in [-0.2, 0) is 4.74 Å². The van der Waals surface area contributed by atoms with E-state index in [9.17, 15) is 0 Å². The average molecular weight is 253 g/mol. The van der Waals surface area contributed by atoms with Gasteiger partial charge in [0.2, 0.25) is 0 Å². The van der Waals surface area contributed by atoms with Crippen molar-refractivity contribution in [2.45, 2.75) is 66.0 Å². The topological polar surface area (TPSA) is 12.5 Å². The molecule has 0 aromatic carbocycles. The van der Waals surface area contributed by atoms with Crippen LogP contribution in [0.1, 0.15) is 54.4 Å². The molecule has 0 N–H and O–H groups in total. The lowest BCUT2D eigenvalue weighted by atomic mass is 9.73. The van der Waals surface area contributed by atoms with Crippen LogP contribution < -0.4 is 0 Å². The van der Waals surface area contributed by atoms with E-state index in [1.165, 1.54) is 19.4 Å². The number of hydrogen-bond donors (Lipinski definition) is 0. The molecule has 0 aliphatic carbocycles. The van der Waals surface area contributed by atoms with Crippen molar-refractivity contribution in [3.63, 3.8) is 0 Å². The zero-order valence-electron chi connectivity index (χ0n) is 13.1.